The molecule has 3 N–H and O–H groups in total. The Morgan fingerprint density at radius 3 is 2.56 bits per heavy atom. The van der Waals surface area contributed by atoms with Gasteiger partial charge in [-0.2, -0.15) is 0 Å². The lowest BCUT2D eigenvalue weighted by molar-refractivity contribution is -0.277. The molecule has 0 radical (unpaired) electrons. The fourth-order valence-electron chi connectivity index (χ4n) is 8.15. The fourth-order valence-corrected chi connectivity index (χ4v) is 8.15. The number of para-hydroxylation sites is 1. The third kappa shape index (κ3) is 5.00. The normalized spacial score (nSPS) is 40.2. The van der Waals surface area contributed by atoms with E-state index in [1.54, 1.807) is 23.1 Å². The third-order valence-electron chi connectivity index (χ3n) is 10.5. The van der Waals surface area contributed by atoms with E-state index >= 15 is 0 Å². The number of hydrogen-bond acceptors (Lipinski definition) is 8. The molecule has 41 heavy (non-hydrogen) atoms. The van der Waals surface area contributed by atoms with Crippen molar-refractivity contribution >= 4 is 11.5 Å². The SMILES string of the molecule is CC1=CC2C(C)CC3C(C(C=C4COC(C)(C)OC4C(O)C1OC(O)N1CCC(=O)c4ccccc41)C2O)C3(C)C. The van der Waals surface area contributed by atoms with Crippen LogP contribution in [0.1, 0.15) is 64.7 Å². The van der Waals surface area contributed by atoms with Crippen molar-refractivity contribution < 1.29 is 34.3 Å². The molecule has 2 heterocycles. The fraction of sp³-hybridized carbons (Fsp3) is 0.667. The summed E-state index contributed by atoms with van der Waals surface area (Å²) in [6.07, 6.45) is 0.594. The maximum absolute atomic E-state index is 12.5. The van der Waals surface area contributed by atoms with Crippen LogP contribution in [0.5, 0.6) is 0 Å². The van der Waals surface area contributed by atoms with E-state index in [2.05, 4.69) is 32.9 Å². The van der Waals surface area contributed by atoms with Gasteiger partial charge in [0.25, 0.3) is 0 Å². The highest BCUT2D eigenvalue weighted by atomic mass is 16.7. The van der Waals surface area contributed by atoms with Crippen molar-refractivity contribution in [2.75, 3.05) is 18.1 Å². The van der Waals surface area contributed by atoms with Gasteiger partial charge in [-0.15, -0.1) is 0 Å². The first-order valence-electron chi connectivity index (χ1n) is 15.1. The summed E-state index contributed by atoms with van der Waals surface area (Å²) in [5, 5.41) is 35.3. The molecule has 8 nitrogen and oxygen atoms in total. The Labute approximate surface area is 243 Å². The van der Waals surface area contributed by atoms with Crippen LogP contribution in [0.15, 0.2) is 47.6 Å². The van der Waals surface area contributed by atoms with Crippen LogP contribution >= 0.6 is 0 Å². The molecule has 2 aliphatic heterocycles. The molecule has 224 valence electrons. The third-order valence-corrected chi connectivity index (χ3v) is 10.5. The lowest BCUT2D eigenvalue weighted by atomic mass is 9.76. The van der Waals surface area contributed by atoms with Gasteiger partial charge in [0.1, 0.15) is 18.3 Å². The number of benzene rings is 1. The molecule has 1 aromatic rings. The molecular weight excluding hydrogens is 522 g/mol. The van der Waals surface area contributed by atoms with Crippen LogP contribution in [-0.4, -0.2) is 70.9 Å². The number of carbonyl (C=O) groups excluding carboxylic acids is 1. The van der Waals surface area contributed by atoms with Crippen molar-refractivity contribution in [1.82, 2.24) is 0 Å². The minimum atomic E-state index is -1.41. The van der Waals surface area contributed by atoms with Crippen molar-refractivity contribution in [3.8, 4) is 0 Å². The summed E-state index contributed by atoms with van der Waals surface area (Å²) < 4.78 is 18.7. The van der Waals surface area contributed by atoms with Crippen molar-refractivity contribution in [2.45, 2.75) is 91.0 Å². The lowest BCUT2D eigenvalue weighted by Gasteiger charge is -2.44. The minimum absolute atomic E-state index is 0.0265. The van der Waals surface area contributed by atoms with Gasteiger partial charge < -0.3 is 34.4 Å². The van der Waals surface area contributed by atoms with Gasteiger partial charge in [0.15, 0.2) is 11.6 Å². The molecule has 8 heteroatoms. The maximum Gasteiger partial charge on any atom is 0.238 e. The second kappa shape index (κ2) is 10.3. The van der Waals surface area contributed by atoms with Gasteiger partial charge in [0.2, 0.25) is 6.41 Å². The highest BCUT2D eigenvalue weighted by molar-refractivity contribution is 6.03. The Balaban J connectivity index is 1.39. The monoisotopic (exact) mass is 567 g/mol. The summed E-state index contributed by atoms with van der Waals surface area (Å²) in [4.78, 5) is 14.2. The Morgan fingerprint density at radius 2 is 1.80 bits per heavy atom. The average molecular weight is 568 g/mol. The van der Waals surface area contributed by atoms with Crippen LogP contribution in [0.4, 0.5) is 5.69 Å². The molecule has 10 atom stereocenters. The number of fused-ring (bicyclic) bond motifs is 6. The van der Waals surface area contributed by atoms with Gasteiger partial charge in [-0.3, -0.25) is 4.79 Å². The quantitative estimate of drug-likeness (QED) is 0.371. The molecule has 2 bridgehead atoms. The molecule has 1 aromatic carbocycles. The van der Waals surface area contributed by atoms with Crippen molar-refractivity contribution in [2.24, 2.45) is 35.0 Å². The van der Waals surface area contributed by atoms with E-state index < -0.39 is 36.6 Å². The summed E-state index contributed by atoms with van der Waals surface area (Å²) in [5.74, 6) is -0.0451. The molecule has 0 aromatic heterocycles. The highest BCUT2D eigenvalue weighted by Crippen LogP contribution is 2.67. The van der Waals surface area contributed by atoms with Crippen molar-refractivity contribution in [1.29, 1.82) is 0 Å². The van der Waals surface area contributed by atoms with Gasteiger partial charge >= 0.3 is 0 Å². The van der Waals surface area contributed by atoms with E-state index in [4.69, 9.17) is 14.2 Å². The number of nitrogens with zero attached hydrogens (tertiary/aromatic N) is 1. The van der Waals surface area contributed by atoms with E-state index in [0.29, 0.717) is 29.6 Å². The van der Waals surface area contributed by atoms with Gasteiger partial charge in [-0.1, -0.05) is 45.1 Å². The van der Waals surface area contributed by atoms with Gasteiger partial charge in [0.05, 0.1) is 18.4 Å². The van der Waals surface area contributed by atoms with Crippen LogP contribution in [0.3, 0.4) is 0 Å². The predicted octanol–water partition coefficient (Wildman–Crippen LogP) is 4.04. The molecule has 0 spiro atoms. The molecule has 0 amide bonds. The zero-order valence-electron chi connectivity index (χ0n) is 25.0. The van der Waals surface area contributed by atoms with E-state index in [0.717, 1.165) is 17.6 Å². The Kier molecular flexibility index (Phi) is 7.28. The molecule has 3 fully saturated rings. The van der Waals surface area contributed by atoms with Crippen molar-refractivity contribution in [3.63, 3.8) is 0 Å². The number of aliphatic hydroxyl groups is 3. The maximum atomic E-state index is 12.5. The average Bonchev–Trinajstić information content (AvgIpc) is 3.48. The number of rotatable bonds is 3. The van der Waals surface area contributed by atoms with Gasteiger partial charge in [-0.25, -0.2) is 0 Å². The minimum Gasteiger partial charge on any atom is -0.392 e. The summed E-state index contributed by atoms with van der Waals surface area (Å²) in [7, 11) is 0. The zero-order valence-corrected chi connectivity index (χ0v) is 25.0. The van der Waals surface area contributed by atoms with Crippen LogP contribution in [0, 0.1) is 35.0 Å². The van der Waals surface area contributed by atoms with E-state index in [1.807, 2.05) is 26.8 Å². The first-order valence-corrected chi connectivity index (χ1v) is 15.1. The Hall–Kier alpha value is -2.07. The summed E-state index contributed by atoms with van der Waals surface area (Å²) >= 11 is 0. The van der Waals surface area contributed by atoms with Crippen LogP contribution < -0.4 is 4.90 Å². The predicted molar refractivity (Wildman–Crippen MR) is 154 cm³/mol. The first kappa shape index (κ1) is 29.0. The number of anilines is 1. The molecule has 10 unspecified atom stereocenters. The van der Waals surface area contributed by atoms with Crippen LogP contribution in [0.25, 0.3) is 0 Å². The molecular formula is C33H45NO7. The number of ketones is 1. The zero-order chi connectivity index (χ0) is 29.4. The first-order chi connectivity index (χ1) is 19.3. The van der Waals surface area contributed by atoms with E-state index in [9.17, 15) is 20.1 Å². The standard InChI is InChI=1S/C33H45NO7/c1-17-14-23-26(32(23,3)4)22-15-19-16-39-33(5,6)41-30(19)28(37)29(18(2)13-21(17)27(22)36)40-31(38)34-12-11-25(35)20-9-7-8-10-24(20)34/h7-10,13,15,17,21-23,26-31,36-38H,11-12,14,16H2,1-6H3. The Morgan fingerprint density at radius 1 is 1.07 bits per heavy atom. The highest BCUT2D eigenvalue weighted by Gasteiger charge is 2.64. The topological polar surface area (TPSA) is 109 Å². The Bertz CT molecular complexity index is 1250. The van der Waals surface area contributed by atoms with Crippen LogP contribution in [0.2, 0.25) is 0 Å². The second-order valence-corrected chi connectivity index (χ2v) is 13.9. The summed E-state index contributed by atoms with van der Waals surface area (Å²) in [5.41, 5.74) is 2.81. The number of aliphatic hydroxyl groups excluding tert-OH is 3. The van der Waals surface area contributed by atoms with E-state index in [1.165, 1.54) is 0 Å². The molecule has 1 saturated heterocycles. The molecule has 3 aliphatic carbocycles. The van der Waals surface area contributed by atoms with Crippen molar-refractivity contribution in [3.05, 3.63) is 53.1 Å². The second-order valence-electron chi connectivity index (χ2n) is 13.9. The summed E-state index contributed by atoms with van der Waals surface area (Å²) in [6.45, 7) is 12.9. The number of carbonyl (C=O) groups is 1. The van der Waals surface area contributed by atoms with Crippen LogP contribution in [-0.2, 0) is 14.2 Å². The molecule has 5 aliphatic rings. The number of Topliss-reactive ketones (excluding diaryl/α,β-unsaturated/α-hetero) is 1. The van der Waals surface area contributed by atoms with Gasteiger partial charge in [0, 0.05) is 30.4 Å². The van der Waals surface area contributed by atoms with E-state index in [-0.39, 0.29) is 42.0 Å². The summed E-state index contributed by atoms with van der Waals surface area (Å²) in [6, 6.07) is 7.19. The largest absolute Gasteiger partial charge is 0.392 e. The smallest absolute Gasteiger partial charge is 0.238 e. The molecule has 6 rings (SSSR count). The number of hydrogen-bond donors (Lipinski definition) is 3. The lowest BCUT2D eigenvalue weighted by Crippen LogP contribution is -2.54. The number of ether oxygens (including phenoxy) is 3. The van der Waals surface area contributed by atoms with Gasteiger partial charge in [-0.05, 0) is 73.6 Å². The molecule has 2 saturated carbocycles.